The number of benzene rings is 2. The molecule has 2 aromatic heterocycles. The van der Waals surface area contributed by atoms with Crippen molar-refractivity contribution in [1.82, 2.24) is 0 Å². The van der Waals surface area contributed by atoms with Gasteiger partial charge in [-0.2, -0.15) is 0 Å². The Bertz CT molecular complexity index is 1970. The van der Waals surface area contributed by atoms with E-state index in [9.17, 15) is 14.7 Å². The summed E-state index contributed by atoms with van der Waals surface area (Å²) in [5, 5.41) is 12.7. The van der Waals surface area contributed by atoms with E-state index in [4.69, 9.17) is 18.3 Å². The third kappa shape index (κ3) is 4.39. The summed E-state index contributed by atoms with van der Waals surface area (Å²) in [6.07, 6.45) is 4.81. The second-order valence-corrected chi connectivity index (χ2v) is 14.0. The van der Waals surface area contributed by atoms with Crippen LogP contribution in [0, 0.1) is 0 Å². The van der Waals surface area contributed by atoms with Crippen LogP contribution >= 0.6 is 0 Å². The Hall–Kier alpha value is -4.26. The Morgan fingerprint density at radius 2 is 1.60 bits per heavy atom. The molecule has 2 aliphatic rings. The van der Waals surface area contributed by atoms with Crippen molar-refractivity contribution in [2.75, 3.05) is 0 Å². The second kappa shape index (κ2) is 9.12. The summed E-state index contributed by atoms with van der Waals surface area (Å²) in [4.78, 5) is 25.4. The first-order valence-electron chi connectivity index (χ1n) is 14.6. The molecule has 1 N–H and O–H groups in total. The topological polar surface area (TPSA) is 99.1 Å². The molecule has 2 atom stereocenters. The highest BCUT2D eigenvalue weighted by Crippen LogP contribution is 2.60. The molecule has 4 aromatic rings. The summed E-state index contributed by atoms with van der Waals surface area (Å²) in [6, 6.07) is 8.25. The fourth-order valence-corrected chi connectivity index (χ4v) is 6.77. The molecule has 7 nitrogen and oxygen atoms in total. The molecule has 6 rings (SSSR count). The van der Waals surface area contributed by atoms with Crippen molar-refractivity contribution in [2.45, 2.75) is 89.3 Å². The fraction of sp³-hybridized carbons (Fsp3) is 0.389. The Morgan fingerprint density at radius 1 is 0.907 bits per heavy atom. The molecule has 4 heterocycles. The van der Waals surface area contributed by atoms with Crippen LogP contribution in [-0.2, 0) is 16.4 Å². The lowest BCUT2D eigenvalue weighted by atomic mass is 9.70. The zero-order chi connectivity index (χ0) is 31.3. The molecular weight excluding hydrogens is 544 g/mol. The molecule has 0 spiro atoms. The van der Waals surface area contributed by atoms with Gasteiger partial charge in [0.05, 0.1) is 5.39 Å². The van der Waals surface area contributed by atoms with Gasteiger partial charge in [0.1, 0.15) is 39.6 Å². The normalized spacial score (nSPS) is 21.1. The van der Waals surface area contributed by atoms with E-state index in [-0.39, 0.29) is 17.3 Å². The van der Waals surface area contributed by atoms with Crippen molar-refractivity contribution in [3.8, 4) is 17.2 Å². The van der Waals surface area contributed by atoms with E-state index in [1.807, 2.05) is 46.8 Å². The molecule has 0 saturated carbocycles. The Morgan fingerprint density at radius 3 is 2.28 bits per heavy atom. The molecule has 0 amide bonds. The Balaban J connectivity index is 1.63. The fourth-order valence-electron chi connectivity index (χ4n) is 6.77. The van der Waals surface area contributed by atoms with Crippen LogP contribution in [0.1, 0.15) is 89.5 Å². The number of rotatable bonds is 5. The number of fused-ring (bicyclic) bond motifs is 3. The van der Waals surface area contributed by atoms with Gasteiger partial charge in [-0.3, -0.25) is 0 Å². The van der Waals surface area contributed by atoms with Crippen molar-refractivity contribution in [3.63, 3.8) is 0 Å². The first-order chi connectivity index (χ1) is 20.0. The van der Waals surface area contributed by atoms with Crippen LogP contribution in [0.2, 0.25) is 0 Å². The zero-order valence-electron chi connectivity index (χ0n) is 25.8. The summed E-state index contributed by atoms with van der Waals surface area (Å²) in [7, 11) is 0. The zero-order valence-corrected chi connectivity index (χ0v) is 25.8. The Kier molecular flexibility index (Phi) is 6.12. The van der Waals surface area contributed by atoms with E-state index in [1.54, 1.807) is 18.2 Å². The van der Waals surface area contributed by atoms with E-state index in [1.165, 1.54) is 12.1 Å². The van der Waals surface area contributed by atoms with Crippen LogP contribution in [0.5, 0.6) is 17.2 Å². The lowest BCUT2D eigenvalue weighted by Crippen LogP contribution is -2.43. The number of allylic oxidation sites excluding steroid dienone is 2. The summed E-state index contributed by atoms with van der Waals surface area (Å²) >= 11 is 0. The maximum Gasteiger partial charge on any atom is 0.340 e. The van der Waals surface area contributed by atoms with E-state index < -0.39 is 33.3 Å². The average molecular weight is 583 g/mol. The van der Waals surface area contributed by atoms with Gasteiger partial charge < -0.3 is 23.4 Å². The van der Waals surface area contributed by atoms with E-state index in [2.05, 4.69) is 27.0 Å². The standard InChI is InChI=1S/C36H38O7/c1-10-33(3,4)23-15-19-14-22(24(37)16-25(19)40-32(23)39)36(9)18-20-17-35(7,8)42-31-27(20)29(43-36)21-12-13-26(38)41-30(21)28(31)34(5,6)11-2/h10-16,20,37H,1-2,17-18H2,3-9H3. The molecule has 0 radical (unpaired) electrons. The second-order valence-electron chi connectivity index (χ2n) is 14.0. The van der Waals surface area contributed by atoms with Gasteiger partial charge in [0.15, 0.2) is 0 Å². The number of aromatic hydroxyl groups is 1. The van der Waals surface area contributed by atoms with Gasteiger partial charge in [-0.1, -0.05) is 39.8 Å². The number of hydrogen-bond donors (Lipinski definition) is 1. The van der Waals surface area contributed by atoms with Crippen molar-refractivity contribution >= 4 is 21.9 Å². The molecule has 0 saturated heterocycles. The van der Waals surface area contributed by atoms with E-state index in [0.717, 1.165) is 11.1 Å². The van der Waals surface area contributed by atoms with Crippen molar-refractivity contribution in [1.29, 1.82) is 0 Å². The third-order valence-electron chi connectivity index (χ3n) is 9.29. The minimum Gasteiger partial charge on any atom is -0.507 e. The van der Waals surface area contributed by atoms with E-state index >= 15 is 0 Å². The quantitative estimate of drug-likeness (QED) is 0.189. The van der Waals surface area contributed by atoms with Crippen LogP contribution in [0.4, 0.5) is 0 Å². The number of phenols is 1. The molecule has 43 heavy (non-hydrogen) atoms. The predicted octanol–water partition coefficient (Wildman–Crippen LogP) is 7.87. The molecule has 2 aliphatic heterocycles. The number of phenolic OH excluding ortho intramolecular Hbond substituents is 1. The minimum atomic E-state index is -0.983. The summed E-state index contributed by atoms with van der Waals surface area (Å²) in [6.45, 7) is 21.8. The molecular formula is C36H38O7. The van der Waals surface area contributed by atoms with Crippen molar-refractivity contribution < 1.29 is 23.4 Å². The predicted molar refractivity (Wildman–Crippen MR) is 168 cm³/mol. The van der Waals surface area contributed by atoms with Crippen LogP contribution in [0.3, 0.4) is 0 Å². The highest BCUT2D eigenvalue weighted by Gasteiger charge is 2.49. The highest BCUT2D eigenvalue weighted by molar-refractivity contribution is 5.93. The lowest BCUT2D eigenvalue weighted by molar-refractivity contribution is 0.00794. The van der Waals surface area contributed by atoms with Gasteiger partial charge in [0, 0.05) is 50.6 Å². The van der Waals surface area contributed by atoms with Crippen molar-refractivity contribution in [2.24, 2.45) is 0 Å². The molecule has 0 fully saturated rings. The smallest absolute Gasteiger partial charge is 0.340 e. The van der Waals surface area contributed by atoms with E-state index in [0.29, 0.717) is 51.8 Å². The molecule has 0 bridgehead atoms. The average Bonchev–Trinajstić information content (AvgIpc) is 2.90. The molecule has 224 valence electrons. The molecule has 0 aliphatic carbocycles. The highest BCUT2D eigenvalue weighted by atomic mass is 16.5. The van der Waals surface area contributed by atoms with Gasteiger partial charge in [0.2, 0.25) is 0 Å². The van der Waals surface area contributed by atoms with Crippen LogP contribution < -0.4 is 20.7 Å². The summed E-state index contributed by atoms with van der Waals surface area (Å²) in [5.41, 5.74) is -0.221. The lowest BCUT2D eigenvalue weighted by Gasteiger charge is -2.48. The van der Waals surface area contributed by atoms with Crippen molar-refractivity contribution in [3.05, 3.63) is 98.7 Å². The number of hydrogen-bond acceptors (Lipinski definition) is 7. The van der Waals surface area contributed by atoms with Crippen LogP contribution in [0.25, 0.3) is 21.9 Å². The summed E-state index contributed by atoms with van der Waals surface area (Å²) < 4.78 is 25.1. The first-order valence-corrected chi connectivity index (χ1v) is 14.6. The maximum absolute atomic E-state index is 12.8. The van der Waals surface area contributed by atoms with Gasteiger partial charge in [-0.25, -0.2) is 9.59 Å². The van der Waals surface area contributed by atoms with Crippen LogP contribution in [-0.4, -0.2) is 10.7 Å². The first kappa shape index (κ1) is 28.8. The van der Waals surface area contributed by atoms with Gasteiger partial charge >= 0.3 is 11.3 Å². The Labute approximate surface area is 250 Å². The largest absolute Gasteiger partial charge is 0.507 e. The third-order valence-corrected chi connectivity index (χ3v) is 9.29. The van der Waals surface area contributed by atoms with Gasteiger partial charge in [-0.05, 0) is 57.7 Å². The SMILES string of the molecule is C=CC(C)(C)c1cc2cc(C3(C)CC4CC(C)(C)Oc5c4c(c4ccc(=O)oc4c5C(C)(C)C=C)O3)c(O)cc2oc1=O. The summed E-state index contributed by atoms with van der Waals surface area (Å²) in [5.74, 6) is 1.19. The number of ether oxygens (including phenoxy) is 2. The van der Waals surface area contributed by atoms with Gasteiger partial charge in [-0.15, -0.1) is 13.2 Å². The van der Waals surface area contributed by atoms with Crippen LogP contribution in [0.15, 0.2) is 74.1 Å². The minimum absolute atomic E-state index is 0.00209. The molecule has 2 aromatic carbocycles. The van der Waals surface area contributed by atoms with Gasteiger partial charge in [0.25, 0.3) is 0 Å². The maximum atomic E-state index is 12.8. The molecule has 2 unspecified atom stereocenters. The molecule has 7 heteroatoms. The monoisotopic (exact) mass is 582 g/mol.